The van der Waals surface area contributed by atoms with Crippen LogP contribution in [0.15, 0.2) is 84.9 Å². The van der Waals surface area contributed by atoms with Crippen molar-refractivity contribution in [2.24, 2.45) is 0 Å². The number of carbonyl (C=O) groups excluding carboxylic acids is 2. The Bertz CT molecular complexity index is 1170. The molecule has 0 aliphatic rings. The molecule has 4 rings (SSSR count). The van der Waals surface area contributed by atoms with Gasteiger partial charge in [0, 0.05) is 17.1 Å². The summed E-state index contributed by atoms with van der Waals surface area (Å²) >= 11 is 5.94. The molecule has 3 aromatic carbocycles. The molecule has 0 radical (unpaired) electrons. The lowest BCUT2D eigenvalue weighted by Gasteiger charge is -2.06. The molecule has 0 aliphatic carbocycles. The van der Waals surface area contributed by atoms with Crippen molar-refractivity contribution >= 4 is 23.5 Å². The Morgan fingerprint density at radius 3 is 2.38 bits per heavy atom. The van der Waals surface area contributed by atoms with E-state index in [4.69, 9.17) is 16.3 Å². The Balaban J connectivity index is 1.45. The van der Waals surface area contributed by atoms with E-state index in [1.165, 1.54) is 0 Å². The van der Waals surface area contributed by atoms with Crippen molar-refractivity contribution in [2.75, 3.05) is 6.61 Å². The van der Waals surface area contributed by atoms with Crippen LogP contribution >= 0.6 is 11.6 Å². The predicted octanol–water partition coefficient (Wildman–Crippen LogP) is 4.06. The first-order chi connectivity index (χ1) is 15.6. The van der Waals surface area contributed by atoms with Gasteiger partial charge in [-0.3, -0.25) is 4.79 Å². The van der Waals surface area contributed by atoms with E-state index in [2.05, 4.69) is 15.4 Å². The molecule has 0 bridgehead atoms. The maximum atomic E-state index is 12.5. The maximum absolute atomic E-state index is 12.5. The average Bonchev–Trinajstić information content (AvgIpc) is 3.28. The van der Waals surface area contributed by atoms with Crippen molar-refractivity contribution in [3.05, 3.63) is 101 Å². The number of halogens is 1. The van der Waals surface area contributed by atoms with E-state index in [-0.39, 0.29) is 12.4 Å². The first-order valence-electron chi connectivity index (χ1n) is 9.86. The van der Waals surface area contributed by atoms with Crippen molar-refractivity contribution in [2.45, 2.75) is 6.54 Å². The molecule has 0 atom stereocenters. The van der Waals surface area contributed by atoms with Gasteiger partial charge in [0.15, 0.2) is 12.4 Å². The monoisotopic (exact) mass is 446 g/mol. The number of benzene rings is 3. The van der Waals surface area contributed by atoms with Gasteiger partial charge in [-0.15, -0.1) is 5.10 Å². The number of nitrogens with zero attached hydrogens (tertiary/aromatic N) is 3. The third-order valence-electron chi connectivity index (χ3n) is 4.54. The SMILES string of the molecule is O=C(COC(=O)c1nc(-c2ccccc2)n(-c2ccccc2)n1)NCc1cccc(Cl)c1. The number of rotatable bonds is 7. The van der Waals surface area contributed by atoms with E-state index < -0.39 is 18.5 Å². The van der Waals surface area contributed by atoms with Crippen molar-refractivity contribution in [1.82, 2.24) is 20.1 Å². The molecular weight excluding hydrogens is 428 g/mol. The summed E-state index contributed by atoms with van der Waals surface area (Å²) in [5.74, 6) is -0.858. The summed E-state index contributed by atoms with van der Waals surface area (Å²) in [5, 5.41) is 7.58. The van der Waals surface area contributed by atoms with Gasteiger partial charge >= 0.3 is 5.97 Å². The Morgan fingerprint density at radius 2 is 1.66 bits per heavy atom. The normalized spacial score (nSPS) is 10.5. The quantitative estimate of drug-likeness (QED) is 0.432. The van der Waals surface area contributed by atoms with Crippen LogP contribution in [0.1, 0.15) is 16.2 Å². The molecule has 1 heterocycles. The number of carbonyl (C=O) groups is 2. The van der Waals surface area contributed by atoms with Gasteiger partial charge in [-0.25, -0.2) is 14.5 Å². The Hall–Kier alpha value is -3.97. The van der Waals surface area contributed by atoms with Gasteiger partial charge in [-0.1, -0.05) is 72.3 Å². The highest BCUT2D eigenvalue weighted by atomic mass is 35.5. The summed E-state index contributed by atoms with van der Waals surface area (Å²) in [7, 11) is 0. The topological polar surface area (TPSA) is 86.1 Å². The molecule has 7 nitrogen and oxygen atoms in total. The van der Waals surface area contributed by atoms with Crippen LogP contribution in [0.25, 0.3) is 17.1 Å². The van der Waals surface area contributed by atoms with Crippen LogP contribution in [-0.4, -0.2) is 33.2 Å². The van der Waals surface area contributed by atoms with Crippen molar-refractivity contribution in [1.29, 1.82) is 0 Å². The molecule has 8 heteroatoms. The Morgan fingerprint density at radius 1 is 0.938 bits per heavy atom. The summed E-state index contributed by atoms with van der Waals surface area (Å²) in [6, 6.07) is 25.9. The standard InChI is InChI=1S/C24H19ClN4O3/c25-19-11-7-8-17(14-19)15-26-21(30)16-32-24(31)22-27-23(18-9-3-1-4-10-18)29(28-22)20-12-5-2-6-13-20/h1-14H,15-16H2,(H,26,30). The highest BCUT2D eigenvalue weighted by Gasteiger charge is 2.20. The highest BCUT2D eigenvalue weighted by Crippen LogP contribution is 2.21. The molecule has 0 aliphatic heterocycles. The number of hydrogen-bond donors (Lipinski definition) is 1. The number of nitrogens with one attached hydrogen (secondary N) is 1. The largest absolute Gasteiger partial charge is 0.450 e. The predicted molar refractivity (Wildman–Crippen MR) is 120 cm³/mol. The third kappa shape index (κ3) is 5.19. The molecule has 4 aromatic rings. The first kappa shape index (κ1) is 21.3. The Labute approximate surface area is 189 Å². The molecule has 32 heavy (non-hydrogen) atoms. The summed E-state index contributed by atoms with van der Waals surface area (Å²) in [6.45, 7) is -0.171. The molecule has 1 N–H and O–H groups in total. The molecule has 160 valence electrons. The second kappa shape index (κ2) is 9.89. The van der Waals surface area contributed by atoms with Crippen molar-refractivity contribution in [3.63, 3.8) is 0 Å². The van der Waals surface area contributed by atoms with Crippen LogP contribution in [0.2, 0.25) is 5.02 Å². The minimum Gasteiger partial charge on any atom is -0.450 e. The fourth-order valence-electron chi connectivity index (χ4n) is 3.02. The maximum Gasteiger partial charge on any atom is 0.378 e. The van der Waals surface area contributed by atoms with Crippen LogP contribution in [0.3, 0.4) is 0 Å². The fourth-order valence-corrected chi connectivity index (χ4v) is 3.23. The second-order valence-electron chi connectivity index (χ2n) is 6.86. The number of para-hydroxylation sites is 1. The van der Waals surface area contributed by atoms with Crippen molar-refractivity contribution in [3.8, 4) is 17.1 Å². The number of aromatic nitrogens is 3. The average molecular weight is 447 g/mol. The van der Waals surface area contributed by atoms with Crippen LogP contribution in [0.4, 0.5) is 0 Å². The van der Waals surface area contributed by atoms with Crippen LogP contribution in [0.5, 0.6) is 0 Å². The zero-order chi connectivity index (χ0) is 22.3. The Kier molecular flexibility index (Phi) is 6.57. The molecule has 0 saturated heterocycles. The third-order valence-corrected chi connectivity index (χ3v) is 4.77. The minimum absolute atomic E-state index is 0.129. The molecule has 0 fully saturated rings. The first-order valence-corrected chi connectivity index (χ1v) is 10.2. The molecule has 1 amide bonds. The van der Waals surface area contributed by atoms with Gasteiger partial charge in [-0.05, 0) is 29.8 Å². The zero-order valence-corrected chi connectivity index (χ0v) is 17.7. The van der Waals surface area contributed by atoms with Crippen LogP contribution in [0, 0.1) is 0 Å². The lowest BCUT2D eigenvalue weighted by molar-refractivity contribution is -0.124. The van der Waals surface area contributed by atoms with Gasteiger partial charge in [-0.2, -0.15) is 0 Å². The molecule has 1 aromatic heterocycles. The van der Waals surface area contributed by atoms with E-state index in [1.54, 1.807) is 22.9 Å². The number of ether oxygens (including phenoxy) is 1. The number of esters is 1. The van der Waals surface area contributed by atoms with Gasteiger partial charge in [0.25, 0.3) is 11.7 Å². The summed E-state index contributed by atoms with van der Waals surface area (Å²) in [6.07, 6.45) is 0. The van der Waals surface area contributed by atoms with Gasteiger partial charge < -0.3 is 10.1 Å². The summed E-state index contributed by atoms with van der Waals surface area (Å²) in [5.41, 5.74) is 2.38. The second-order valence-corrected chi connectivity index (χ2v) is 7.29. The molecule has 0 unspecified atom stereocenters. The van der Waals surface area contributed by atoms with Crippen molar-refractivity contribution < 1.29 is 14.3 Å². The van der Waals surface area contributed by atoms with Crippen LogP contribution < -0.4 is 5.32 Å². The van der Waals surface area contributed by atoms with Gasteiger partial charge in [0.1, 0.15) is 0 Å². The highest BCUT2D eigenvalue weighted by molar-refractivity contribution is 6.30. The van der Waals surface area contributed by atoms with E-state index in [0.29, 0.717) is 10.8 Å². The van der Waals surface area contributed by atoms with Gasteiger partial charge in [0.05, 0.1) is 5.69 Å². The molecular formula is C24H19ClN4O3. The number of amides is 1. The molecule has 0 spiro atoms. The number of hydrogen-bond acceptors (Lipinski definition) is 5. The van der Waals surface area contributed by atoms with E-state index >= 15 is 0 Å². The van der Waals surface area contributed by atoms with E-state index in [9.17, 15) is 9.59 Å². The fraction of sp³-hybridized carbons (Fsp3) is 0.0833. The lowest BCUT2D eigenvalue weighted by Crippen LogP contribution is -2.28. The van der Waals surface area contributed by atoms with E-state index in [1.807, 2.05) is 66.7 Å². The minimum atomic E-state index is -0.783. The molecule has 0 saturated carbocycles. The van der Waals surface area contributed by atoms with Crippen LogP contribution in [-0.2, 0) is 16.1 Å². The smallest absolute Gasteiger partial charge is 0.378 e. The zero-order valence-electron chi connectivity index (χ0n) is 16.9. The summed E-state index contributed by atoms with van der Waals surface area (Å²) in [4.78, 5) is 29.0. The van der Waals surface area contributed by atoms with Gasteiger partial charge in [0.2, 0.25) is 0 Å². The summed E-state index contributed by atoms with van der Waals surface area (Å²) < 4.78 is 6.70. The van der Waals surface area contributed by atoms with E-state index in [0.717, 1.165) is 16.8 Å². The lowest BCUT2D eigenvalue weighted by atomic mass is 10.2.